The van der Waals surface area contributed by atoms with Crippen LogP contribution in [-0.4, -0.2) is 69.4 Å². The van der Waals surface area contributed by atoms with Gasteiger partial charge in [0.2, 0.25) is 0 Å². The molecule has 4 rings (SSSR count). The average Bonchev–Trinajstić information content (AvgIpc) is 3.12. The number of nitrogens with one attached hydrogen (secondary N) is 2. The number of non-ortho nitro benzene ring substituents is 2. The summed E-state index contributed by atoms with van der Waals surface area (Å²) in [7, 11) is -10.1. The number of anilines is 2. The number of ketones is 2. The van der Waals surface area contributed by atoms with Crippen LogP contribution in [0.3, 0.4) is 0 Å². The number of amides is 2. The first-order valence-corrected chi connectivity index (χ1v) is 18.2. The molecule has 4 aromatic carbocycles. The second-order valence-corrected chi connectivity index (χ2v) is 13.7. The Bertz CT molecular complexity index is 2400. The van der Waals surface area contributed by atoms with Gasteiger partial charge in [-0.05, 0) is 38.1 Å². The van der Waals surface area contributed by atoms with E-state index >= 15 is 0 Å². The van der Waals surface area contributed by atoms with Gasteiger partial charge in [0, 0.05) is 64.0 Å². The number of hydrogen-bond acceptors (Lipinski definition) is 18. The smallest absolute Gasteiger partial charge is 0.504 e. The van der Waals surface area contributed by atoms with E-state index in [0.29, 0.717) is 35.6 Å². The predicted molar refractivity (Wildman–Crippen MR) is 197 cm³/mol. The van der Waals surface area contributed by atoms with E-state index < -0.39 is 110 Å². The Hall–Kier alpha value is -5.17. The van der Waals surface area contributed by atoms with Gasteiger partial charge >= 0.3 is 60.5 Å². The molecule has 0 aliphatic heterocycles. The van der Waals surface area contributed by atoms with Crippen molar-refractivity contribution in [2.24, 2.45) is 20.5 Å². The number of aromatic hydroxyl groups is 2. The molecule has 24 nitrogen and oxygen atoms in total. The number of benzene rings is 4. The zero-order valence-electron chi connectivity index (χ0n) is 32.6. The third-order valence-electron chi connectivity index (χ3n) is 6.73. The van der Waals surface area contributed by atoms with E-state index in [4.69, 9.17) is 9.11 Å². The summed E-state index contributed by atoms with van der Waals surface area (Å²) in [6.07, 6.45) is 0. The molecule has 61 heavy (non-hydrogen) atoms. The molecule has 0 spiro atoms. The maximum Gasteiger partial charge on any atom is 1.00 e. The first-order chi connectivity index (χ1) is 27.0. The molecule has 2 amide bonds. The van der Waals surface area contributed by atoms with Crippen LogP contribution in [0.2, 0.25) is 0 Å². The number of phenols is 2. The van der Waals surface area contributed by atoms with Crippen LogP contribution in [-0.2, 0) is 56.2 Å². The summed E-state index contributed by atoms with van der Waals surface area (Å²) in [5.74, 6) is -5.83. The molecule has 0 saturated carbocycles. The van der Waals surface area contributed by atoms with E-state index in [-0.39, 0.29) is 77.3 Å². The van der Waals surface area contributed by atoms with Crippen molar-refractivity contribution in [2.45, 2.75) is 23.6 Å². The fraction of sp³-hybridized carbons (Fsp3) is 0.0625. The Morgan fingerprint density at radius 2 is 0.918 bits per heavy atom. The van der Waals surface area contributed by atoms with Gasteiger partial charge in [-0.1, -0.05) is 36.4 Å². The number of carbonyl (C=O) groups is 4. The number of hydrogen-bond donors (Lipinski definition) is 6. The van der Waals surface area contributed by atoms with Crippen LogP contribution in [0, 0.1) is 32.3 Å². The van der Waals surface area contributed by atoms with Gasteiger partial charge in [0.25, 0.3) is 31.6 Å². The molecule has 0 saturated heterocycles. The van der Waals surface area contributed by atoms with Gasteiger partial charge in [-0.3, -0.25) is 29.3 Å². The Morgan fingerprint density at radius 3 is 1.16 bits per heavy atom. The van der Waals surface area contributed by atoms with Gasteiger partial charge < -0.3 is 50.3 Å². The van der Waals surface area contributed by atoms with Gasteiger partial charge in [0.1, 0.15) is 33.0 Å². The van der Waals surface area contributed by atoms with Gasteiger partial charge in [-0.2, -0.15) is 27.1 Å². The monoisotopic (exact) mass is 948 g/mol. The average molecular weight is 949 g/mol. The molecule has 6 N–H and O–H groups in total. The molecule has 0 unspecified atom stereocenters. The van der Waals surface area contributed by atoms with E-state index in [9.17, 15) is 66.5 Å². The van der Waals surface area contributed by atoms with Crippen LogP contribution in [0.4, 0.5) is 34.1 Å². The minimum atomic E-state index is -5.03. The summed E-state index contributed by atoms with van der Waals surface area (Å²) in [6, 6.07) is 16.8. The van der Waals surface area contributed by atoms with Crippen molar-refractivity contribution in [2.75, 3.05) is 10.6 Å². The molecular formula is C32H27CoN8Na2O16S2+. The summed E-state index contributed by atoms with van der Waals surface area (Å²) in [4.78, 5) is 65.5. The predicted octanol–water partition coefficient (Wildman–Crippen LogP) is -1.10. The first kappa shape index (κ1) is 55.8. The number of nitro benzene ring substituents is 2. The van der Waals surface area contributed by atoms with Crippen molar-refractivity contribution in [1.29, 1.82) is 0 Å². The summed E-state index contributed by atoms with van der Waals surface area (Å²) < 4.78 is 63.5. The van der Waals surface area contributed by atoms with E-state index in [0.717, 1.165) is 13.8 Å². The van der Waals surface area contributed by atoms with Crippen molar-refractivity contribution in [3.8, 4) is 11.5 Å². The molecule has 1 radical (unpaired) electrons. The summed E-state index contributed by atoms with van der Waals surface area (Å²) in [6.45, 7) is 2.02. The van der Waals surface area contributed by atoms with Crippen LogP contribution in [0.15, 0.2) is 115 Å². The van der Waals surface area contributed by atoms with Crippen LogP contribution in [0.5, 0.6) is 11.5 Å². The van der Waals surface area contributed by atoms with Crippen molar-refractivity contribution in [3.05, 3.63) is 117 Å². The molecule has 29 heteroatoms. The fourth-order valence-electron chi connectivity index (χ4n) is 4.10. The number of Topliss-reactive ketones (excluding diaryl/α,β-unsaturated/α-hetero) is 2. The number of azo groups is 2. The van der Waals surface area contributed by atoms with E-state index in [2.05, 4.69) is 31.1 Å². The van der Waals surface area contributed by atoms with Crippen molar-refractivity contribution in [1.82, 2.24) is 0 Å². The molecule has 0 aromatic heterocycles. The molecule has 0 atom stereocenters. The Labute approximate surface area is 400 Å². The summed E-state index contributed by atoms with van der Waals surface area (Å²) >= 11 is 0. The van der Waals surface area contributed by atoms with Crippen molar-refractivity contribution >= 4 is 77.7 Å². The fourth-order valence-corrected chi connectivity index (χ4v) is 5.33. The van der Waals surface area contributed by atoms with Crippen molar-refractivity contribution in [3.63, 3.8) is 0 Å². The zero-order valence-corrected chi connectivity index (χ0v) is 38.3. The van der Waals surface area contributed by atoms with Gasteiger partial charge in [-0.25, -0.2) is 0 Å². The third kappa shape index (κ3) is 16.3. The number of phenolic OH excluding ortho intramolecular Hbond substituents is 2. The van der Waals surface area contributed by atoms with E-state index in [1.54, 1.807) is 36.4 Å². The third-order valence-corrected chi connectivity index (χ3v) is 8.47. The SMILES string of the molecule is CC(=O)[C-](N=Nc1cc([N+](=O)[O-])cc(S(=O)(=O)O)c1O)C(=O)Nc1ccccc1.CC(=O)[C-](N=Nc1cc([N+](=O)[O-])cc(S(=O)(=O)O)c1O)C(=O)Nc1ccccc1.[Co].[H+].[Na+].[Na+]. The Morgan fingerprint density at radius 1 is 0.623 bits per heavy atom. The molecule has 0 aliphatic carbocycles. The van der Waals surface area contributed by atoms with Crippen molar-refractivity contribution < 1.29 is 142 Å². The number of carbonyl (C=O) groups excluding carboxylic acids is 4. The van der Waals surface area contributed by atoms with Crippen LogP contribution >= 0.6 is 0 Å². The normalized spacial score (nSPS) is 10.7. The standard InChI is InChI=1S/2C16H13N4O8S.Co.2Na/c2*1-9(21)14(16(23)17-10-5-3-2-4-6-10)19-18-12-7-11(20(24)25)8-13(15(12)22)29(26,27)28;;;/h2*2-8,22H,1H3,(H,17,23)(H,26,27,28);;;/q2*-1;;2*+1/p+1. The molecule has 0 fully saturated rings. The molecule has 0 heterocycles. The maximum atomic E-state index is 12.2. The number of para-hydroxylation sites is 2. The topological polar surface area (TPSA) is 377 Å². The molecular weight excluding hydrogens is 921 g/mol. The van der Waals surface area contributed by atoms with Crippen LogP contribution in [0.25, 0.3) is 0 Å². The largest absolute Gasteiger partial charge is 1.00 e. The van der Waals surface area contributed by atoms with Gasteiger partial charge in [0.15, 0.2) is 11.5 Å². The Balaban J connectivity index is 0. The minimum Gasteiger partial charge on any atom is -0.504 e. The van der Waals surface area contributed by atoms with Gasteiger partial charge in [-0.15, -0.1) is 12.1 Å². The molecule has 4 aromatic rings. The molecule has 313 valence electrons. The van der Waals surface area contributed by atoms with Gasteiger partial charge in [0.05, 0.1) is 9.85 Å². The van der Waals surface area contributed by atoms with Crippen LogP contribution < -0.4 is 69.7 Å². The summed E-state index contributed by atoms with van der Waals surface area (Å²) in [5, 5.41) is 60.1. The second-order valence-electron chi connectivity index (χ2n) is 10.9. The quantitative estimate of drug-likeness (QED) is 0.0166. The molecule has 0 aliphatic rings. The number of rotatable bonds is 14. The van der Waals surface area contributed by atoms with Crippen LogP contribution in [0.1, 0.15) is 15.3 Å². The van der Waals surface area contributed by atoms with E-state index in [1.165, 1.54) is 24.3 Å². The minimum absolute atomic E-state index is 0. The maximum absolute atomic E-state index is 12.2. The number of nitro groups is 2. The number of nitrogens with zero attached hydrogens (tertiary/aromatic N) is 6. The van der Waals surface area contributed by atoms with E-state index in [1.807, 2.05) is 0 Å². The summed E-state index contributed by atoms with van der Waals surface area (Å²) in [5.41, 5.74) is -2.47. The first-order valence-electron chi connectivity index (χ1n) is 15.3. The Kier molecular flexibility index (Phi) is 22.3. The zero-order chi connectivity index (χ0) is 43.5. The molecule has 0 bridgehead atoms. The second kappa shape index (κ2) is 24.3.